The first-order valence-electron chi connectivity index (χ1n) is 8.76. The molecule has 2 aromatic rings. The second kappa shape index (κ2) is 6.76. The summed E-state index contributed by atoms with van der Waals surface area (Å²) in [5.41, 5.74) is 2.45. The number of hydrogen-bond acceptors (Lipinski definition) is 4. The number of hydrogen-bond donors (Lipinski definition) is 2. The predicted octanol–water partition coefficient (Wildman–Crippen LogP) is 2.44. The molecule has 1 aromatic carbocycles. The maximum absolute atomic E-state index is 9.55. The van der Waals surface area contributed by atoms with Crippen molar-refractivity contribution in [3.8, 4) is 6.07 Å². The molecule has 5 heteroatoms. The van der Waals surface area contributed by atoms with Gasteiger partial charge in [-0.3, -0.25) is 10.00 Å². The highest BCUT2D eigenvalue weighted by atomic mass is 15.3. The van der Waals surface area contributed by atoms with Gasteiger partial charge in [0.15, 0.2) is 0 Å². The largest absolute Gasteiger partial charge is 0.307 e. The smallest absolute Gasteiger partial charge is 0.0672 e. The summed E-state index contributed by atoms with van der Waals surface area (Å²) >= 11 is 0. The topological polar surface area (TPSA) is 67.7 Å². The van der Waals surface area contributed by atoms with Crippen molar-refractivity contribution < 1.29 is 0 Å². The first kappa shape index (κ1) is 15.4. The van der Waals surface area contributed by atoms with Crippen LogP contribution in [0, 0.1) is 17.2 Å². The summed E-state index contributed by atoms with van der Waals surface area (Å²) in [6.45, 7) is 1.75. The summed E-state index contributed by atoms with van der Waals surface area (Å²) in [5.74, 6) is 0.165. The van der Waals surface area contributed by atoms with Gasteiger partial charge in [0.25, 0.3) is 0 Å². The summed E-state index contributed by atoms with van der Waals surface area (Å²) in [7, 11) is 0. The molecule has 4 rings (SSSR count). The van der Waals surface area contributed by atoms with Crippen LogP contribution in [0.1, 0.15) is 30.5 Å². The van der Waals surface area contributed by atoms with Gasteiger partial charge in [-0.2, -0.15) is 10.4 Å². The van der Waals surface area contributed by atoms with Gasteiger partial charge < -0.3 is 5.32 Å². The van der Waals surface area contributed by atoms with Gasteiger partial charge in [-0.15, -0.1) is 0 Å². The lowest BCUT2D eigenvalue weighted by molar-refractivity contribution is 0.0956. The Bertz CT molecular complexity index is 690. The fraction of sp³-hybridized carbons (Fsp3) is 0.474. The average molecular weight is 321 g/mol. The van der Waals surface area contributed by atoms with Crippen LogP contribution in [-0.4, -0.2) is 33.2 Å². The van der Waals surface area contributed by atoms with Crippen LogP contribution in [0.2, 0.25) is 0 Å². The van der Waals surface area contributed by atoms with E-state index in [2.05, 4.69) is 56.8 Å². The maximum Gasteiger partial charge on any atom is 0.0672 e. The number of nitrogens with one attached hydrogen (secondary N) is 2. The molecule has 0 saturated carbocycles. The van der Waals surface area contributed by atoms with E-state index in [1.54, 1.807) is 6.20 Å². The third kappa shape index (κ3) is 2.95. The van der Waals surface area contributed by atoms with Crippen molar-refractivity contribution in [1.82, 2.24) is 20.4 Å². The Labute approximate surface area is 142 Å². The molecule has 3 heterocycles. The second-order valence-corrected chi connectivity index (χ2v) is 6.91. The van der Waals surface area contributed by atoms with E-state index in [1.807, 2.05) is 6.07 Å². The summed E-state index contributed by atoms with van der Waals surface area (Å²) < 4.78 is 0. The van der Waals surface area contributed by atoms with Crippen molar-refractivity contribution in [2.75, 3.05) is 0 Å². The molecule has 2 bridgehead atoms. The van der Waals surface area contributed by atoms with Gasteiger partial charge in [-0.1, -0.05) is 30.3 Å². The Balaban J connectivity index is 1.49. The van der Waals surface area contributed by atoms with E-state index >= 15 is 0 Å². The molecule has 0 radical (unpaired) electrons. The zero-order valence-electron chi connectivity index (χ0n) is 13.7. The lowest BCUT2D eigenvalue weighted by atomic mass is 9.95. The number of H-pyrrole nitrogens is 1. The number of nitriles is 1. The Morgan fingerprint density at radius 3 is 2.83 bits per heavy atom. The highest BCUT2D eigenvalue weighted by molar-refractivity contribution is 5.18. The standard InChI is InChI=1S/C19H23N5/c20-11-15-10-19-17(21-12-16-8-9-22-23-16)6-7-18(15)24(19)13-14-4-2-1-3-5-14/h1-5,8-9,15,17-19,21H,6-7,10,12-13H2,(H,22,23). The minimum absolute atomic E-state index is 0.165. The molecular formula is C19H23N5. The Hall–Kier alpha value is -2.16. The summed E-state index contributed by atoms with van der Waals surface area (Å²) in [4.78, 5) is 2.57. The number of aromatic nitrogens is 2. The number of benzene rings is 1. The van der Waals surface area contributed by atoms with Gasteiger partial charge in [-0.05, 0) is 30.9 Å². The van der Waals surface area contributed by atoms with E-state index in [0.29, 0.717) is 18.1 Å². The third-order valence-electron chi connectivity index (χ3n) is 5.54. The molecule has 4 atom stereocenters. The van der Waals surface area contributed by atoms with Crippen molar-refractivity contribution >= 4 is 0 Å². The monoisotopic (exact) mass is 321 g/mol. The molecule has 2 saturated heterocycles. The van der Waals surface area contributed by atoms with Crippen LogP contribution in [0.4, 0.5) is 0 Å². The van der Waals surface area contributed by atoms with Crippen LogP contribution in [0.5, 0.6) is 0 Å². The average Bonchev–Trinajstić information content (AvgIpc) is 3.20. The fourth-order valence-electron chi connectivity index (χ4n) is 4.36. The van der Waals surface area contributed by atoms with Gasteiger partial charge in [0.1, 0.15) is 0 Å². The van der Waals surface area contributed by atoms with Crippen molar-refractivity contribution in [2.24, 2.45) is 5.92 Å². The minimum Gasteiger partial charge on any atom is -0.307 e. The van der Waals surface area contributed by atoms with Crippen molar-refractivity contribution in [3.63, 3.8) is 0 Å². The van der Waals surface area contributed by atoms with E-state index in [9.17, 15) is 5.26 Å². The summed E-state index contributed by atoms with van der Waals surface area (Å²) in [5, 5.41) is 20.3. The highest BCUT2D eigenvalue weighted by Gasteiger charge is 2.47. The molecular weight excluding hydrogens is 298 g/mol. The predicted molar refractivity (Wildman–Crippen MR) is 91.7 cm³/mol. The van der Waals surface area contributed by atoms with Gasteiger partial charge >= 0.3 is 0 Å². The van der Waals surface area contributed by atoms with Gasteiger partial charge in [-0.25, -0.2) is 0 Å². The van der Waals surface area contributed by atoms with E-state index in [0.717, 1.165) is 38.0 Å². The van der Waals surface area contributed by atoms with Crippen LogP contribution in [-0.2, 0) is 13.1 Å². The lowest BCUT2D eigenvalue weighted by Crippen LogP contribution is -2.52. The SMILES string of the molecule is N#CC1CC2C(NCc3ccn[nH]3)CCC1N2Cc1ccccc1. The first-order valence-corrected chi connectivity index (χ1v) is 8.76. The van der Waals surface area contributed by atoms with Crippen LogP contribution in [0.3, 0.4) is 0 Å². The normalized spacial score (nSPS) is 29.5. The van der Waals surface area contributed by atoms with Crippen molar-refractivity contribution in [3.05, 3.63) is 53.9 Å². The molecule has 2 aliphatic heterocycles. The zero-order valence-corrected chi connectivity index (χ0v) is 13.7. The fourth-order valence-corrected chi connectivity index (χ4v) is 4.36. The van der Waals surface area contributed by atoms with Gasteiger partial charge in [0.05, 0.1) is 12.0 Å². The molecule has 0 spiro atoms. The molecule has 0 aliphatic carbocycles. The zero-order chi connectivity index (χ0) is 16.4. The van der Waals surface area contributed by atoms with Crippen LogP contribution >= 0.6 is 0 Å². The summed E-state index contributed by atoms with van der Waals surface area (Å²) in [6.07, 6.45) is 5.01. The van der Waals surface area contributed by atoms with Crippen molar-refractivity contribution in [1.29, 1.82) is 5.26 Å². The second-order valence-electron chi connectivity index (χ2n) is 6.91. The molecule has 2 aliphatic rings. The molecule has 4 unspecified atom stereocenters. The molecule has 1 aromatic heterocycles. The van der Waals surface area contributed by atoms with Gasteiger partial charge in [0, 0.05) is 43.1 Å². The number of piperidine rings is 1. The molecule has 24 heavy (non-hydrogen) atoms. The number of fused-ring (bicyclic) bond motifs is 2. The molecule has 2 fully saturated rings. The molecule has 5 nitrogen and oxygen atoms in total. The van der Waals surface area contributed by atoms with E-state index in [-0.39, 0.29) is 5.92 Å². The minimum atomic E-state index is 0.165. The highest BCUT2D eigenvalue weighted by Crippen LogP contribution is 2.40. The third-order valence-corrected chi connectivity index (χ3v) is 5.54. The Morgan fingerprint density at radius 2 is 2.08 bits per heavy atom. The number of rotatable bonds is 5. The van der Waals surface area contributed by atoms with Crippen LogP contribution in [0.15, 0.2) is 42.6 Å². The molecule has 0 amide bonds. The number of nitrogens with zero attached hydrogens (tertiary/aromatic N) is 3. The molecule has 124 valence electrons. The van der Waals surface area contributed by atoms with E-state index < -0.39 is 0 Å². The van der Waals surface area contributed by atoms with Crippen LogP contribution in [0.25, 0.3) is 0 Å². The quantitative estimate of drug-likeness (QED) is 0.887. The van der Waals surface area contributed by atoms with E-state index in [1.165, 1.54) is 5.56 Å². The van der Waals surface area contributed by atoms with E-state index in [4.69, 9.17) is 0 Å². The van der Waals surface area contributed by atoms with Crippen molar-refractivity contribution in [2.45, 2.75) is 50.5 Å². The lowest BCUT2D eigenvalue weighted by Gasteiger charge is -2.40. The number of aromatic amines is 1. The Morgan fingerprint density at radius 1 is 1.21 bits per heavy atom. The van der Waals surface area contributed by atoms with Crippen LogP contribution < -0.4 is 5.32 Å². The van der Waals surface area contributed by atoms with Gasteiger partial charge in [0.2, 0.25) is 0 Å². The first-order chi connectivity index (χ1) is 11.8. The Kier molecular flexibility index (Phi) is 4.33. The molecule has 2 N–H and O–H groups in total. The summed E-state index contributed by atoms with van der Waals surface area (Å²) in [6, 6.07) is 16.5. The maximum atomic E-state index is 9.55.